The molecule has 0 radical (unpaired) electrons. The molecule has 0 bridgehead atoms. The molecule has 1 aromatic rings. The van der Waals surface area contributed by atoms with Crippen LogP contribution in [0.4, 0.5) is 10.1 Å². The van der Waals surface area contributed by atoms with Crippen molar-refractivity contribution < 1.29 is 18.7 Å². The molecule has 2 unspecified atom stereocenters. The molecule has 2 heterocycles. The van der Waals surface area contributed by atoms with Crippen molar-refractivity contribution in [2.24, 2.45) is 5.41 Å². The molecule has 5 nitrogen and oxygen atoms in total. The molecule has 2 aliphatic heterocycles. The number of ether oxygens (including phenoxy) is 2. The maximum absolute atomic E-state index is 13.6. The second kappa shape index (κ2) is 7.70. The number of benzene rings is 1. The van der Waals surface area contributed by atoms with Gasteiger partial charge in [0.05, 0.1) is 12.7 Å². The first kappa shape index (κ1) is 18.1. The molecule has 2 saturated heterocycles. The van der Waals surface area contributed by atoms with Gasteiger partial charge in [0.15, 0.2) is 0 Å². The van der Waals surface area contributed by atoms with Crippen LogP contribution in [0.15, 0.2) is 24.3 Å². The fourth-order valence-corrected chi connectivity index (χ4v) is 3.86. The Hall–Kier alpha value is -1.66. The highest BCUT2D eigenvalue weighted by atomic mass is 19.1. The van der Waals surface area contributed by atoms with Gasteiger partial charge in [-0.1, -0.05) is 6.07 Å². The Balaban J connectivity index is 1.71. The number of piperidine rings is 1. The quantitative estimate of drug-likeness (QED) is 0.817. The first-order chi connectivity index (χ1) is 12.0. The van der Waals surface area contributed by atoms with Crippen LogP contribution >= 0.6 is 0 Å². The SMILES string of the molecule is CN(C)C(=O)COCC12CCCOC1CCN(c1cccc(F)c1)C2. The number of hydrogen-bond acceptors (Lipinski definition) is 4. The van der Waals surface area contributed by atoms with Gasteiger partial charge in [0, 0.05) is 44.9 Å². The average Bonchev–Trinajstić information content (AvgIpc) is 2.61. The summed E-state index contributed by atoms with van der Waals surface area (Å²) in [6.07, 6.45) is 3.01. The highest BCUT2D eigenvalue weighted by molar-refractivity contribution is 5.76. The van der Waals surface area contributed by atoms with Crippen LogP contribution in [-0.4, -0.2) is 63.9 Å². The van der Waals surface area contributed by atoms with E-state index < -0.39 is 0 Å². The number of halogens is 1. The van der Waals surface area contributed by atoms with Crippen molar-refractivity contribution in [3.05, 3.63) is 30.1 Å². The average molecular weight is 350 g/mol. The molecule has 1 amide bonds. The summed E-state index contributed by atoms with van der Waals surface area (Å²) < 4.78 is 25.4. The molecular weight excluding hydrogens is 323 g/mol. The van der Waals surface area contributed by atoms with Crippen molar-refractivity contribution in [2.45, 2.75) is 25.4 Å². The minimum Gasteiger partial charge on any atom is -0.377 e. The Labute approximate surface area is 148 Å². The van der Waals surface area contributed by atoms with Crippen molar-refractivity contribution in [3.8, 4) is 0 Å². The number of carbonyl (C=O) groups is 1. The van der Waals surface area contributed by atoms with E-state index in [0.29, 0.717) is 6.61 Å². The van der Waals surface area contributed by atoms with E-state index >= 15 is 0 Å². The molecule has 0 saturated carbocycles. The number of hydrogen-bond donors (Lipinski definition) is 0. The van der Waals surface area contributed by atoms with Crippen LogP contribution in [0.5, 0.6) is 0 Å². The molecule has 6 heteroatoms. The molecule has 0 aliphatic carbocycles. The Bertz CT molecular complexity index is 610. The standard InChI is InChI=1S/C19H27FN2O3/c1-21(2)18(23)12-24-14-19-8-4-10-25-17(19)7-9-22(13-19)16-6-3-5-15(20)11-16/h3,5-6,11,17H,4,7-10,12-14H2,1-2H3. The van der Waals surface area contributed by atoms with Crippen molar-refractivity contribution in [3.63, 3.8) is 0 Å². The van der Waals surface area contributed by atoms with E-state index in [-0.39, 0.29) is 29.9 Å². The summed E-state index contributed by atoms with van der Waals surface area (Å²) in [4.78, 5) is 15.5. The first-order valence-corrected chi connectivity index (χ1v) is 8.90. The van der Waals surface area contributed by atoms with E-state index in [4.69, 9.17) is 9.47 Å². The normalized spacial score (nSPS) is 26.2. The monoisotopic (exact) mass is 350 g/mol. The summed E-state index contributed by atoms with van der Waals surface area (Å²) in [5.74, 6) is -0.260. The third-order valence-corrected chi connectivity index (χ3v) is 5.28. The van der Waals surface area contributed by atoms with Crippen molar-refractivity contribution in [1.29, 1.82) is 0 Å². The molecule has 0 N–H and O–H groups in total. The Kier molecular flexibility index (Phi) is 5.59. The summed E-state index contributed by atoms with van der Waals surface area (Å²) in [6, 6.07) is 6.73. The number of carbonyl (C=O) groups excluding carboxylic acids is 1. The number of nitrogens with zero attached hydrogens (tertiary/aromatic N) is 2. The van der Waals surface area contributed by atoms with Gasteiger partial charge < -0.3 is 19.3 Å². The molecule has 0 spiro atoms. The molecule has 1 aromatic carbocycles. The van der Waals surface area contributed by atoms with Crippen LogP contribution in [0.25, 0.3) is 0 Å². The second-order valence-corrected chi connectivity index (χ2v) is 7.30. The van der Waals surface area contributed by atoms with Crippen LogP contribution in [0, 0.1) is 11.2 Å². The van der Waals surface area contributed by atoms with Gasteiger partial charge in [-0.15, -0.1) is 0 Å². The van der Waals surface area contributed by atoms with Crippen LogP contribution in [0.3, 0.4) is 0 Å². The Morgan fingerprint density at radius 2 is 2.32 bits per heavy atom. The van der Waals surface area contributed by atoms with Crippen LogP contribution < -0.4 is 4.90 Å². The first-order valence-electron chi connectivity index (χ1n) is 8.90. The molecule has 0 aromatic heterocycles. The zero-order chi connectivity index (χ0) is 17.9. The topological polar surface area (TPSA) is 42.0 Å². The van der Waals surface area contributed by atoms with E-state index in [1.54, 1.807) is 26.2 Å². The zero-order valence-electron chi connectivity index (χ0n) is 15.0. The highest BCUT2D eigenvalue weighted by Crippen LogP contribution is 2.41. The van der Waals surface area contributed by atoms with Gasteiger partial charge in [-0.3, -0.25) is 4.79 Å². The minimum atomic E-state index is -0.221. The highest BCUT2D eigenvalue weighted by Gasteiger charge is 2.46. The molecule has 25 heavy (non-hydrogen) atoms. The predicted molar refractivity (Wildman–Crippen MR) is 94.2 cm³/mol. The summed E-state index contributed by atoms with van der Waals surface area (Å²) >= 11 is 0. The van der Waals surface area contributed by atoms with Gasteiger partial charge in [-0.05, 0) is 37.5 Å². The summed E-state index contributed by atoms with van der Waals surface area (Å²) in [7, 11) is 3.45. The van der Waals surface area contributed by atoms with E-state index in [0.717, 1.165) is 44.6 Å². The van der Waals surface area contributed by atoms with Gasteiger partial charge in [-0.25, -0.2) is 4.39 Å². The lowest BCUT2D eigenvalue weighted by Gasteiger charge is -2.51. The number of amides is 1. The largest absolute Gasteiger partial charge is 0.377 e. The van der Waals surface area contributed by atoms with E-state index in [1.807, 2.05) is 6.07 Å². The Morgan fingerprint density at radius 3 is 3.08 bits per heavy atom. The molecule has 3 rings (SSSR count). The number of likely N-dealkylation sites (N-methyl/N-ethyl adjacent to an activating group) is 1. The Morgan fingerprint density at radius 1 is 1.48 bits per heavy atom. The van der Waals surface area contributed by atoms with Gasteiger partial charge in [0.1, 0.15) is 12.4 Å². The number of anilines is 1. The van der Waals surface area contributed by atoms with Crippen molar-refractivity contribution in [1.82, 2.24) is 4.90 Å². The third-order valence-electron chi connectivity index (χ3n) is 5.28. The van der Waals surface area contributed by atoms with E-state index in [9.17, 15) is 9.18 Å². The van der Waals surface area contributed by atoms with Gasteiger partial charge in [0.2, 0.25) is 5.91 Å². The lowest BCUT2D eigenvalue weighted by molar-refractivity contribution is -0.144. The van der Waals surface area contributed by atoms with E-state index in [1.165, 1.54) is 11.0 Å². The lowest BCUT2D eigenvalue weighted by Crippen LogP contribution is -2.57. The molecular formula is C19H27FN2O3. The van der Waals surface area contributed by atoms with Crippen molar-refractivity contribution in [2.75, 3.05) is 51.9 Å². The van der Waals surface area contributed by atoms with Gasteiger partial charge >= 0.3 is 0 Å². The van der Waals surface area contributed by atoms with E-state index in [2.05, 4.69) is 4.90 Å². The summed E-state index contributed by atoms with van der Waals surface area (Å²) in [6.45, 7) is 2.96. The second-order valence-electron chi connectivity index (χ2n) is 7.30. The molecule has 2 fully saturated rings. The molecule has 138 valence electrons. The summed E-state index contributed by atoms with van der Waals surface area (Å²) in [5, 5.41) is 0. The fraction of sp³-hybridized carbons (Fsp3) is 0.632. The fourth-order valence-electron chi connectivity index (χ4n) is 3.86. The smallest absolute Gasteiger partial charge is 0.248 e. The number of rotatable bonds is 5. The van der Waals surface area contributed by atoms with Gasteiger partial charge in [-0.2, -0.15) is 0 Å². The number of fused-ring (bicyclic) bond motifs is 1. The predicted octanol–water partition coefficient (Wildman–Crippen LogP) is 2.31. The molecule has 2 aliphatic rings. The van der Waals surface area contributed by atoms with Crippen LogP contribution in [-0.2, 0) is 14.3 Å². The van der Waals surface area contributed by atoms with Crippen molar-refractivity contribution >= 4 is 11.6 Å². The van der Waals surface area contributed by atoms with Gasteiger partial charge in [0.25, 0.3) is 0 Å². The maximum atomic E-state index is 13.6. The summed E-state index contributed by atoms with van der Waals surface area (Å²) in [5.41, 5.74) is 0.753. The lowest BCUT2D eigenvalue weighted by atomic mass is 9.73. The maximum Gasteiger partial charge on any atom is 0.248 e. The molecule has 2 atom stereocenters. The minimum absolute atomic E-state index is 0.0394. The third kappa shape index (κ3) is 4.12. The zero-order valence-corrected chi connectivity index (χ0v) is 15.0. The van der Waals surface area contributed by atoms with Crippen LogP contribution in [0.1, 0.15) is 19.3 Å². The van der Waals surface area contributed by atoms with Crippen LogP contribution in [0.2, 0.25) is 0 Å².